The normalized spacial score (nSPS) is 13.2. The van der Waals surface area contributed by atoms with Crippen molar-refractivity contribution in [1.82, 2.24) is 24.9 Å². The van der Waals surface area contributed by atoms with E-state index in [-0.39, 0.29) is 5.91 Å². The molecule has 4 heterocycles. The molecular formula is C36H32FN7O. The summed E-state index contributed by atoms with van der Waals surface area (Å²) in [5.74, 6) is 0.716. The highest BCUT2D eigenvalue weighted by molar-refractivity contribution is 6.01. The van der Waals surface area contributed by atoms with Crippen molar-refractivity contribution in [1.29, 1.82) is 0 Å². The number of carbonyl (C=O) groups is 1. The van der Waals surface area contributed by atoms with Gasteiger partial charge in [-0.2, -0.15) is 9.61 Å². The van der Waals surface area contributed by atoms with Crippen molar-refractivity contribution in [2.45, 2.75) is 32.5 Å². The Balaban J connectivity index is 1.48. The molecular weight excluding hydrogens is 565 g/mol. The summed E-state index contributed by atoms with van der Waals surface area (Å²) in [6.45, 7) is 1.91. The number of benzene rings is 3. The second kappa shape index (κ2) is 12.6. The second-order valence-electron chi connectivity index (χ2n) is 11.1. The van der Waals surface area contributed by atoms with E-state index in [9.17, 15) is 9.18 Å². The minimum atomic E-state index is -0.393. The van der Waals surface area contributed by atoms with Gasteiger partial charge in [0.05, 0.1) is 18.0 Å². The van der Waals surface area contributed by atoms with Crippen molar-refractivity contribution in [2.75, 3.05) is 16.8 Å². The predicted octanol–water partition coefficient (Wildman–Crippen LogP) is 6.43. The third kappa shape index (κ3) is 5.97. The summed E-state index contributed by atoms with van der Waals surface area (Å²) in [6.07, 6.45) is 4.10. The molecule has 3 aromatic carbocycles. The standard InChI is InChI=1S/C36H32FN7O/c37-29-19-28-20-40-33-32(27-15-8-3-9-16-27)36(43(23-25-11-4-1-5-12-25)24-26-13-6-2-7-14-26)44-34(42-33)30(22-41-44)35(45)38-18-10-17-31(28)39-21-29/h1-9,11-16,19,21-22H,10,17-18,20,23-24H2,(H,38,45)(H,40,42). The zero-order valence-electron chi connectivity index (χ0n) is 24.7. The Kier molecular flexibility index (Phi) is 7.89. The van der Waals surface area contributed by atoms with Crippen molar-refractivity contribution in [3.05, 3.63) is 143 Å². The number of nitrogens with one attached hydrogen (secondary N) is 2. The van der Waals surface area contributed by atoms with E-state index >= 15 is 0 Å². The Morgan fingerprint density at radius 3 is 2.20 bits per heavy atom. The fraction of sp³-hybridized carbons (Fsp3) is 0.167. The number of anilines is 2. The minimum absolute atomic E-state index is 0.244. The maximum atomic E-state index is 14.4. The SMILES string of the molecule is O=C1NCCCc2ncc(F)cc2CNc2nc3c1cnn3c(N(Cc1ccccc1)Cc1ccccc1)c2-c1ccccc1. The largest absolute Gasteiger partial charge is 0.365 e. The first-order valence-corrected chi connectivity index (χ1v) is 15.1. The van der Waals surface area contributed by atoms with Crippen LogP contribution in [0.4, 0.5) is 16.0 Å². The van der Waals surface area contributed by atoms with E-state index in [2.05, 4.69) is 44.8 Å². The van der Waals surface area contributed by atoms with Crippen molar-refractivity contribution in [3.63, 3.8) is 0 Å². The molecule has 3 aromatic heterocycles. The summed E-state index contributed by atoms with van der Waals surface area (Å²) in [5.41, 5.74) is 6.37. The first kappa shape index (κ1) is 28.2. The molecule has 7 rings (SSSR count). The highest BCUT2D eigenvalue weighted by Crippen LogP contribution is 2.39. The highest BCUT2D eigenvalue weighted by atomic mass is 19.1. The van der Waals surface area contributed by atoms with Gasteiger partial charge in [-0.15, -0.1) is 0 Å². The van der Waals surface area contributed by atoms with Gasteiger partial charge in [-0.3, -0.25) is 9.78 Å². The van der Waals surface area contributed by atoms with E-state index < -0.39 is 5.82 Å². The molecule has 0 spiro atoms. The summed E-state index contributed by atoms with van der Waals surface area (Å²) in [4.78, 5) is 25.2. The maximum absolute atomic E-state index is 14.4. The summed E-state index contributed by atoms with van der Waals surface area (Å²) in [6, 6.07) is 32.1. The van der Waals surface area contributed by atoms with E-state index in [0.29, 0.717) is 56.0 Å². The average molecular weight is 598 g/mol. The zero-order chi connectivity index (χ0) is 30.6. The zero-order valence-corrected chi connectivity index (χ0v) is 24.7. The van der Waals surface area contributed by atoms with Crippen LogP contribution in [0.2, 0.25) is 0 Å². The summed E-state index contributed by atoms with van der Waals surface area (Å²) >= 11 is 0. The molecule has 2 N–H and O–H groups in total. The number of rotatable bonds is 6. The van der Waals surface area contributed by atoms with Crippen LogP contribution in [0.5, 0.6) is 0 Å². The van der Waals surface area contributed by atoms with E-state index in [1.165, 1.54) is 12.3 Å². The average Bonchev–Trinajstić information content (AvgIpc) is 3.50. The van der Waals surface area contributed by atoms with Gasteiger partial charge >= 0.3 is 0 Å². The molecule has 0 saturated heterocycles. The number of pyridine rings is 1. The van der Waals surface area contributed by atoms with Crippen LogP contribution in [-0.2, 0) is 26.1 Å². The number of halogens is 1. The quantitative estimate of drug-likeness (QED) is 0.230. The van der Waals surface area contributed by atoms with Crippen molar-refractivity contribution in [3.8, 4) is 11.1 Å². The molecule has 0 saturated carbocycles. The van der Waals surface area contributed by atoms with Gasteiger partial charge in [0.25, 0.3) is 5.91 Å². The van der Waals surface area contributed by atoms with Gasteiger partial charge in [0.1, 0.15) is 23.0 Å². The Labute approximate surface area is 260 Å². The topological polar surface area (TPSA) is 87.4 Å². The number of carbonyl (C=O) groups excluding carboxylic acids is 1. The van der Waals surface area contributed by atoms with Gasteiger partial charge in [0.15, 0.2) is 5.65 Å². The number of hydrogen-bond acceptors (Lipinski definition) is 6. The van der Waals surface area contributed by atoms with Crippen molar-refractivity contribution < 1.29 is 9.18 Å². The van der Waals surface area contributed by atoms with Crippen LogP contribution in [0.3, 0.4) is 0 Å². The van der Waals surface area contributed by atoms with Crippen molar-refractivity contribution in [2.24, 2.45) is 0 Å². The third-order valence-electron chi connectivity index (χ3n) is 8.01. The Hall–Kier alpha value is -5.57. The summed E-state index contributed by atoms with van der Waals surface area (Å²) in [5, 5.41) is 11.3. The van der Waals surface area contributed by atoms with Crippen molar-refractivity contribution >= 4 is 23.2 Å². The number of aromatic nitrogens is 4. The van der Waals surface area contributed by atoms with Gasteiger partial charge in [-0.05, 0) is 41.2 Å². The molecule has 8 nitrogen and oxygen atoms in total. The molecule has 0 atom stereocenters. The van der Waals surface area contributed by atoms with Crippen LogP contribution in [-0.4, -0.2) is 32.0 Å². The Bertz CT molecular complexity index is 1900. The highest BCUT2D eigenvalue weighted by Gasteiger charge is 2.27. The molecule has 1 aliphatic rings. The molecule has 0 aliphatic carbocycles. The van der Waals surface area contributed by atoms with E-state index in [0.717, 1.165) is 39.3 Å². The third-order valence-corrected chi connectivity index (χ3v) is 8.01. The summed E-state index contributed by atoms with van der Waals surface area (Å²) in [7, 11) is 0. The molecule has 1 aliphatic heterocycles. The molecule has 6 aromatic rings. The molecule has 2 bridgehead atoms. The van der Waals surface area contributed by atoms with Gasteiger partial charge in [-0.1, -0.05) is 91.0 Å². The molecule has 9 heteroatoms. The summed E-state index contributed by atoms with van der Waals surface area (Å²) < 4.78 is 16.2. The fourth-order valence-electron chi connectivity index (χ4n) is 5.86. The first-order chi connectivity index (χ1) is 22.1. The van der Waals surface area contributed by atoms with Gasteiger partial charge in [-0.25, -0.2) is 9.37 Å². The van der Waals surface area contributed by atoms with E-state index in [1.807, 2.05) is 66.7 Å². The van der Waals surface area contributed by atoms with Crippen LogP contribution in [0.1, 0.15) is 39.2 Å². The molecule has 45 heavy (non-hydrogen) atoms. The lowest BCUT2D eigenvalue weighted by Gasteiger charge is -2.29. The molecule has 0 fully saturated rings. The van der Waals surface area contributed by atoms with E-state index in [1.54, 1.807) is 10.7 Å². The fourth-order valence-corrected chi connectivity index (χ4v) is 5.86. The van der Waals surface area contributed by atoms with Crippen LogP contribution < -0.4 is 15.5 Å². The Morgan fingerprint density at radius 2 is 1.51 bits per heavy atom. The van der Waals surface area contributed by atoms with E-state index in [4.69, 9.17) is 10.1 Å². The first-order valence-electron chi connectivity index (χ1n) is 15.1. The van der Waals surface area contributed by atoms with Gasteiger partial charge in [0.2, 0.25) is 0 Å². The lowest BCUT2D eigenvalue weighted by atomic mass is 10.0. The van der Waals surface area contributed by atoms with Crippen LogP contribution in [0.15, 0.2) is 109 Å². The molecule has 0 unspecified atom stereocenters. The molecule has 1 amide bonds. The smallest absolute Gasteiger partial charge is 0.256 e. The van der Waals surface area contributed by atoms with Crippen LogP contribution in [0.25, 0.3) is 16.8 Å². The lowest BCUT2D eigenvalue weighted by molar-refractivity contribution is 0.0954. The molecule has 0 radical (unpaired) electrons. The lowest BCUT2D eigenvalue weighted by Crippen LogP contribution is -2.27. The van der Waals surface area contributed by atoms with Gasteiger partial charge in [0, 0.05) is 31.9 Å². The number of nitrogens with zero attached hydrogens (tertiary/aromatic N) is 5. The number of aryl methyl sites for hydroxylation is 1. The monoisotopic (exact) mass is 597 g/mol. The van der Waals surface area contributed by atoms with Gasteiger partial charge < -0.3 is 15.5 Å². The maximum Gasteiger partial charge on any atom is 0.256 e. The number of fused-ring (bicyclic) bond motifs is 2. The Morgan fingerprint density at radius 1 is 0.844 bits per heavy atom. The second-order valence-corrected chi connectivity index (χ2v) is 11.1. The molecule has 224 valence electrons. The van der Waals surface area contributed by atoms with Crippen LogP contribution in [0, 0.1) is 5.82 Å². The van der Waals surface area contributed by atoms with Crippen LogP contribution >= 0.6 is 0 Å². The predicted molar refractivity (Wildman–Crippen MR) is 173 cm³/mol. The number of hydrogen-bond donors (Lipinski definition) is 2. The minimum Gasteiger partial charge on any atom is -0.365 e. The number of amides is 1.